The molecule has 0 aliphatic heterocycles. The zero-order valence-electron chi connectivity index (χ0n) is 6.53. The Kier molecular flexibility index (Phi) is 2.81. The van der Waals surface area contributed by atoms with E-state index in [9.17, 15) is 0 Å². The summed E-state index contributed by atoms with van der Waals surface area (Å²) in [5, 5.41) is 12.0. The van der Waals surface area contributed by atoms with Gasteiger partial charge in [0.2, 0.25) is 5.95 Å². The number of tetrazole rings is 1. The first kappa shape index (κ1) is 8.45. The second-order valence-electron chi connectivity index (χ2n) is 2.21. The molecule has 1 heterocycles. The molecular weight excluding hydrogens is 210 g/mol. The molecule has 6 heteroatoms. The normalized spacial score (nSPS) is 10.1. The summed E-state index contributed by atoms with van der Waals surface area (Å²) in [6, 6.07) is 0. The fourth-order valence-electron chi connectivity index (χ4n) is 0.775. The summed E-state index contributed by atoms with van der Waals surface area (Å²) in [5.41, 5.74) is 0. The molecule has 1 rings (SSSR count). The van der Waals surface area contributed by atoms with Crippen molar-refractivity contribution in [1.29, 1.82) is 0 Å². The smallest absolute Gasteiger partial charge is 0.245 e. The maximum Gasteiger partial charge on any atom is 0.245 e. The molecule has 0 radical (unpaired) electrons. The monoisotopic (exact) mass is 219 g/mol. The van der Waals surface area contributed by atoms with Crippen LogP contribution >= 0.6 is 15.9 Å². The molecule has 0 aliphatic rings. The maximum absolute atomic E-state index is 3.84. The van der Waals surface area contributed by atoms with E-state index in [-0.39, 0.29) is 0 Å². The Morgan fingerprint density at radius 2 is 2.36 bits per heavy atom. The van der Waals surface area contributed by atoms with Crippen LogP contribution < -0.4 is 4.90 Å². The highest BCUT2D eigenvalue weighted by molar-refractivity contribution is 9.09. The van der Waals surface area contributed by atoms with E-state index in [1.54, 1.807) is 4.68 Å². The van der Waals surface area contributed by atoms with Gasteiger partial charge >= 0.3 is 0 Å². The van der Waals surface area contributed by atoms with Crippen molar-refractivity contribution in [2.45, 2.75) is 0 Å². The molecule has 0 N–H and O–H groups in total. The molecule has 0 bridgehead atoms. The van der Waals surface area contributed by atoms with Gasteiger partial charge in [-0.15, -0.1) is 0 Å². The highest BCUT2D eigenvalue weighted by Crippen LogP contribution is 2.02. The lowest BCUT2D eigenvalue weighted by Crippen LogP contribution is -2.22. The summed E-state index contributed by atoms with van der Waals surface area (Å²) in [6.45, 7) is 0.897. The second kappa shape index (κ2) is 3.66. The van der Waals surface area contributed by atoms with Crippen LogP contribution in [0.5, 0.6) is 0 Å². The van der Waals surface area contributed by atoms with Gasteiger partial charge in [0.15, 0.2) is 0 Å². The third-order valence-corrected chi connectivity index (χ3v) is 1.71. The van der Waals surface area contributed by atoms with E-state index in [0.717, 1.165) is 17.8 Å². The number of hydrogen-bond acceptors (Lipinski definition) is 4. The van der Waals surface area contributed by atoms with E-state index < -0.39 is 0 Å². The van der Waals surface area contributed by atoms with Crippen molar-refractivity contribution in [3.63, 3.8) is 0 Å². The Balaban J connectivity index is 2.67. The van der Waals surface area contributed by atoms with E-state index >= 15 is 0 Å². The molecular formula is C5H10BrN5. The average molecular weight is 220 g/mol. The highest BCUT2D eigenvalue weighted by Gasteiger charge is 2.05. The predicted molar refractivity (Wildman–Crippen MR) is 45.9 cm³/mol. The van der Waals surface area contributed by atoms with Crippen LogP contribution in [0.2, 0.25) is 0 Å². The average Bonchev–Trinajstić information content (AvgIpc) is 2.36. The molecule has 0 fully saturated rings. The van der Waals surface area contributed by atoms with Gasteiger partial charge < -0.3 is 4.90 Å². The molecule has 0 atom stereocenters. The Labute approximate surface area is 73.5 Å². The van der Waals surface area contributed by atoms with Gasteiger partial charge in [-0.05, 0) is 10.4 Å². The molecule has 1 aromatic rings. The van der Waals surface area contributed by atoms with Crippen LogP contribution in [0.25, 0.3) is 0 Å². The first-order valence-electron chi connectivity index (χ1n) is 3.25. The molecule has 0 amide bonds. The number of hydrogen-bond donors (Lipinski definition) is 0. The van der Waals surface area contributed by atoms with Gasteiger partial charge in [0.1, 0.15) is 0 Å². The molecule has 1 aromatic heterocycles. The first-order valence-corrected chi connectivity index (χ1v) is 4.37. The molecule has 5 nitrogen and oxygen atoms in total. The Morgan fingerprint density at radius 3 is 2.82 bits per heavy atom. The minimum absolute atomic E-state index is 0.782. The minimum Gasteiger partial charge on any atom is -0.342 e. The summed E-state index contributed by atoms with van der Waals surface area (Å²) in [4.78, 5) is 1.98. The number of rotatable bonds is 3. The van der Waals surface area contributed by atoms with Crippen LogP contribution in [0.3, 0.4) is 0 Å². The topological polar surface area (TPSA) is 46.8 Å². The van der Waals surface area contributed by atoms with Crippen LogP contribution in [0.4, 0.5) is 5.95 Å². The van der Waals surface area contributed by atoms with Crippen LogP contribution in [-0.4, -0.2) is 39.1 Å². The largest absolute Gasteiger partial charge is 0.342 e. The van der Waals surface area contributed by atoms with Crippen LogP contribution in [-0.2, 0) is 7.05 Å². The number of nitrogens with zero attached hydrogens (tertiary/aromatic N) is 5. The highest BCUT2D eigenvalue weighted by atomic mass is 79.9. The Bertz CT molecular complexity index is 222. The van der Waals surface area contributed by atoms with Gasteiger partial charge in [0, 0.05) is 26.0 Å². The van der Waals surface area contributed by atoms with Gasteiger partial charge in [-0.2, -0.15) is 0 Å². The van der Waals surface area contributed by atoms with Crippen molar-refractivity contribution < 1.29 is 0 Å². The summed E-state index contributed by atoms with van der Waals surface area (Å²) < 4.78 is 1.64. The molecule has 0 spiro atoms. The number of aromatic nitrogens is 4. The van der Waals surface area contributed by atoms with Crippen molar-refractivity contribution in [2.75, 3.05) is 23.8 Å². The Morgan fingerprint density at radius 1 is 1.64 bits per heavy atom. The number of anilines is 1. The standard InChI is InChI=1S/C5H10BrN5/c1-10(4-3-6)5-7-8-9-11(5)2/h3-4H2,1-2H3. The molecule has 0 saturated heterocycles. The summed E-state index contributed by atoms with van der Waals surface area (Å²) in [6.07, 6.45) is 0. The molecule has 0 aliphatic carbocycles. The van der Waals surface area contributed by atoms with Gasteiger partial charge in [-0.25, -0.2) is 4.68 Å². The maximum atomic E-state index is 3.84. The van der Waals surface area contributed by atoms with Gasteiger partial charge in [-0.1, -0.05) is 21.0 Å². The molecule has 0 saturated carbocycles. The molecule has 0 aromatic carbocycles. The van der Waals surface area contributed by atoms with Gasteiger partial charge in [0.25, 0.3) is 0 Å². The third-order valence-electron chi connectivity index (χ3n) is 1.36. The number of aryl methyl sites for hydroxylation is 1. The van der Waals surface area contributed by atoms with Crippen LogP contribution in [0.1, 0.15) is 0 Å². The molecule has 11 heavy (non-hydrogen) atoms. The summed E-state index contributed by atoms with van der Waals surface area (Å²) in [5.74, 6) is 0.782. The van der Waals surface area contributed by atoms with Gasteiger partial charge in [0.05, 0.1) is 0 Å². The predicted octanol–water partition coefficient (Wildman–Crippen LogP) is 0.0412. The lowest BCUT2D eigenvalue weighted by atomic mass is 10.6. The third kappa shape index (κ3) is 1.89. The number of halogens is 1. The zero-order chi connectivity index (χ0) is 8.27. The fraction of sp³-hybridized carbons (Fsp3) is 0.800. The minimum atomic E-state index is 0.782. The van der Waals surface area contributed by atoms with Gasteiger partial charge in [-0.3, -0.25) is 0 Å². The lowest BCUT2D eigenvalue weighted by molar-refractivity contribution is 0.700. The molecule has 0 unspecified atom stereocenters. The fourth-order valence-corrected chi connectivity index (χ4v) is 1.31. The zero-order valence-corrected chi connectivity index (χ0v) is 8.11. The lowest BCUT2D eigenvalue weighted by Gasteiger charge is -2.13. The first-order chi connectivity index (χ1) is 5.25. The Hall–Kier alpha value is -0.650. The van der Waals surface area contributed by atoms with Crippen molar-refractivity contribution in [3.8, 4) is 0 Å². The second-order valence-corrected chi connectivity index (χ2v) is 3.01. The van der Waals surface area contributed by atoms with Crippen LogP contribution in [0.15, 0.2) is 0 Å². The van der Waals surface area contributed by atoms with E-state index in [0.29, 0.717) is 0 Å². The van der Waals surface area contributed by atoms with Crippen molar-refractivity contribution in [1.82, 2.24) is 20.2 Å². The van der Waals surface area contributed by atoms with E-state index in [1.165, 1.54) is 0 Å². The summed E-state index contributed by atoms with van der Waals surface area (Å²) >= 11 is 3.34. The van der Waals surface area contributed by atoms with Crippen molar-refractivity contribution in [2.24, 2.45) is 7.05 Å². The quantitative estimate of drug-likeness (QED) is 0.675. The van der Waals surface area contributed by atoms with Crippen molar-refractivity contribution >= 4 is 21.9 Å². The van der Waals surface area contributed by atoms with E-state index in [4.69, 9.17) is 0 Å². The SMILES string of the molecule is CN(CCBr)c1nnnn1C. The number of alkyl halides is 1. The van der Waals surface area contributed by atoms with E-state index in [2.05, 4.69) is 31.5 Å². The molecule has 62 valence electrons. The van der Waals surface area contributed by atoms with Crippen LogP contribution in [0, 0.1) is 0 Å². The summed E-state index contributed by atoms with van der Waals surface area (Å²) in [7, 11) is 3.77. The van der Waals surface area contributed by atoms with E-state index in [1.807, 2.05) is 19.0 Å². The van der Waals surface area contributed by atoms with Crippen molar-refractivity contribution in [3.05, 3.63) is 0 Å².